The van der Waals surface area contributed by atoms with Gasteiger partial charge in [-0.2, -0.15) is 0 Å². The molecule has 4 aromatic rings. The Morgan fingerprint density at radius 1 is 0.932 bits per heavy atom. The topological polar surface area (TPSA) is 75.7 Å². The zero-order valence-electron chi connectivity index (χ0n) is 23.6. The molecular formula is C36H28N2O4S2. The number of ether oxygens (including phenoxy) is 1. The Kier molecular flexibility index (Phi) is 9.06. The van der Waals surface area contributed by atoms with Crippen LogP contribution in [0, 0.1) is 11.8 Å². The highest BCUT2D eigenvalue weighted by molar-refractivity contribution is 8.00. The fourth-order valence-electron chi connectivity index (χ4n) is 5.09. The summed E-state index contributed by atoms with van der Waals surface area (Å²) >= 11 is 2.99. The summed E-state index contributed by atoms with van der Waals surface area (Å²) in [6, 6.07) is 31.7. The molecule has 8 heteroatoms. The molecule has 44 heavy (non-hydrogen) atoms. The molecule has 6 nitrogen and oxygen atoms in total. The first-order chi connectivity index (χ1) is 21.6. The Labute approximate surface area is 264 Å². The number of nitrogens with one attached hydrogen (secondary N) is 1. The zero-order valence-corrected chi connectivity index (χ0v) is 25.2. The van der Waals surface area contributed by atoms with Crippen molar-refractivity contribution in [1.82, 2.24) is 10.2 Å². The van der Waals surface area contributed by atoms with Crippen LogP contribution in [-0.4, -0.2) is 39.9 Å². The van der Waals surface area contributed by atoms with Gasteiger partial charge in [0.2, 0.25) is 5.91 Å². The lowest BCUT2D eigenvalue weighted by Crippen LogP contribution is -2.70. The molecule has 3 heterocycles. The molecule has 2 amide bonds. The quantitative estimate of drug-likeness (QED) is 0.152. The number of esters is 1. The SMILES string of the molecule is O=C(Cc1cccs1)N[C@@H]1C(=O)N2C(C(=O)OC(c3ccccc3)c3ccccc3)=C(C=CC#Cc3ccccc3)CS[C@H]12. The van der Waals surface area contributed by atoms with Gasteiger partial charge >= 0.3 is 5.97 Å². The zero-order chi connectivity index (χ0) is 30.3. The van der Waals surface area contributed by atoms with Crippen LogP contribution in [0.4, 0.5) is 0 Å². The third-order valence-corrected chi connectivity index (χ3v) is 9.39. The second-order valence-electron chi connectivity index (χ2n) is 10.2. The third kappa shape index (κ3) is 6.55. The van der Waals surface area contributed by atoms with Crippen molar-refractivity contribution in [1.29, 1.82) is 0 Å². The van der Waals surface area contributed by atoms with Crippen LogP contribution >= 0.6 is 23.1 Å². The number of benzene rings is 3. The average Bonchev–Trinajstić information content (AvgIpc) is 3.58. The average molecular weight is 617 g/mol. The number of allylic oxidation sites excluding steroid dienone is 2. The Bertz CT molecular complexity index is 1720. The summed E-state index contributed by atoms with van der Waals surface area (Å²) in [6.45, 7) is 0. The van der Waals surface area contributed by atoms with Gasteiger partial charge in [-0.25, -0.2) is 4.79 Å². The second-order valence-corrected chi connectivity index (χ2v) is 12.3. The highest BCUT2D eigenvalue weighted by atomic mass is 32.2. The number of carbonyl (C=O) groups excluding carboxylic acids is 3. The first-order valence-electron chi connectivity index (χ1n) is 14.1. The molecule has 0 unspecified atom stereocenters. The number of hydrogen-bond donors (Lipinski definition) is 1. The highest BCUT2D eigenvalue weighted by Gasteiger charge is 2.54. The molecule has 0 saturated carbocycles. The van der Waals surface area contributed by atoms with Crippen molar-refractivity contribution in [3.63, 3.8) is 0 Å². The molecule has 0 radical (unpaired) electrons. The van der Waals surface area contributed by atoms with E-state index >= 15 is 0 Å². The van der Waals surface area contributed by atoms with Crippen molar-refractivity contribution in [2.75, 3.05) is 5.75 Å². The van der Waals surface area contributed by atoms with Gasteiger partial charge in [0, 0.05) is 16.2 Å². The maximum absolute atomic E-state index is 14.1. The number of amides is 2. The van der Waals surface area contributed by atoms with E-state index in [1.165, 1.54) is 28.0 Å². The van der Waals surface area contributed by atoms with Crippen LogP contribution in [0.1, 0.15) is 27.7 Å². The lowest BCUT2D eigenvalue weighted by atomic mass is 10.0. The lowest BCUT2D eigenvalue weighted by molar-refractivity contribution is -0.154. The Morgan fingerprint density at radius 3 is 2.23 bits per heavy atom. The highest BCUT2D eigenvalue weighted by Crippen LogP contribution is 2.42. The molecule has 1 N–H and O–H groups in total. The van der Waals surface area contributed by atoms with Crippen LogP contribution in [0.2, 0.25) is 0 Å². The van der Waals surface area contributed by atoms with Crippen LogP contribution in [0.15, 0.2) is 132 Å². The number of carbonyl (C=O) groups is 3. The standard InChI is InChI=1S/C36H28N2O4S2/c39-30(23-29-21-12-22-43-29)37-31-34(40)38-32(28(24-44-35(31)38)20-11-10-15-25-13-4-1-5-14-25)36(41)42-33(26-16-6-2-7-17-26)27-18-8-3-9-19-27/h1-9,11-14,16-22,31,33,35H,23-24H2,(H,37,39)/t31-,35-/m1/s1. The first-order valence-corrected chi connectivity index (χ1v) is 16.0. The number of β-lactam (4-membered cyclic amide) rings is 1. The predicted molar refractivity (Wildman–Crippen MR) is 173 cm³/mol. The van der Waals surface area contributed by atoms with Crippen molar-refractivity contribution in [3.05, 3.63) is 153 Å². The molecular weight excluding hydrogens is 589 g/mol. The van der Waals surface area contributed by atoms with Gasteiger partial charge in [-0.1, -0.05) is 96.8 Å². The van der Waals surface area contributed by atoms with Crippen LogP contribution in [-0.2, 0) is 25.5 Å². The molecule has 1 fully saturated rings. The van der Waals surface area contributed by atoms with Gasteiger partial charge in [-0.05, 0) is 52.4 Å². The van der Waals surface area contributed by atoms with E-state index in [-0.39, 0.29) is 23.9 Å². The Balaban J connectivity index is 1.29. The van der Waals surface area contributed by atoms with E-state index in [1.54, 1.807) is 12.2 Å². The molecule has 0 bridgehead atoms. The van der Waals surface area contributed by atoms with Crippen molar-refractivity contribution in [3.8, 4) is 11.8 Å². The van der Waals surface area contributed by atoms with Gasteiger partial charge in [0.15, 0.2) is 6.10 Å². The molecule has 1 saturated heterocycles. The van der Waals surface area contributed by atoms with E-state index in [1.807, 2.05) is 109 Å². The van der Waals surface area contributed by atoms with Crippen LogP contribution in [0.25, 0.3) is 0 Å². The largest absolute Gasteiger partial charge is 0.448 e. The summed E-state index contributed by atoms with van der Waals surface area (Å²) in [5.74, 6) is 5.38. The summed E-state index contributed by atoms with van der Waals surface area (Å²) in [6.07, 6.45) is 2.98. The number of thiophene rings is 1. The van der Waals surface area contributed by atoms with Crippen molar-refractivity contribution < 1.29 is 19.1 Å². The Morgan fingerprint density at radius 2 is 1.59 bits per heavy atom. The van der Waals surface area contributed by atoms with Gasteiger partial charge in [0.05, 0.1) is 6.42 Å². The molecule has 1 aromatic heterocycles. The molecule has 2 aliphatic rings. The van der Waals surface area contributed by atoms with Crippen LogP contribution in [0.5, 0.6) is 0 Å². The molecule has 0 spiro atoms. The minimum Gasteiger partial charge on any atom is -0.448 e. The third-order valence-electron chi connectivity index (χ3n) is 7.21. The smallest absolute Gasteiger partial charge is 0.356 e. The first kappa shape index (κ1) is 29.2. The molecule has 2 aliphatic heterocycles. The van der Waals surface area contributed by atoms with Crippen molar-refractivity contribution in [2.45, 2.75) is 23.9 Å². The maximum Gasteiger partial charge on any atom is 0.356 e. The molecule has 0 aliphatic carbocycles. The fraction of sp³-hybridized carbons (Fsp3) is 0.139. The minimum atomic E-state index is -0.724. The lowest BCUT2D eigenvalue weighted by Gasteiger charge is -2.49. The predicted octanol–water partition coefficient (Wildman–Crippen LogP) is 5.89. The number of fused-ring (bicyclic) bond motifs is 1. The summed E-state index contributed by atoms with van der Waals surface area (Å²) in [5, 5.41) is 4.37. The van der Waals surface area contributed by atoms with Gasteiger partial charge in [0.25, 0.3) is 5.91 Å². The molecule has 6 rings (SSSR count). The maximum atomic E-state index is 14.1. The summed E-state index contributed by atoms with van der Waals surface area (Å²) < 4.78 is 6.20. The fourth-order valence-corrected chi connectivity index (χ4v) is 7.11. The van der Waals surface area contributed by atoms with Crippen molar-refractivity contribution >= 4 is 40.9 Å². The van der Waals surface area contributed by atoms with E-state index in [0.717, 1.165) is 21.6 Å². The number of hydrogen-bond acceptors (Lipinski definition) is 6. The summed E-state index contributed by atoms with van der Waals surface area (Å²) in [5.41, 5.74) is 3.31. The van der Waals surface area contributed by atoms with E-state index in [9.17, 15) is 14.4 Å². The molecule has 3 aromatic carbocycles. The van der Waals surface area contributed by atoms with Crippen LogP contribution < -0.4 is 5.32 Å². The molecule has 218 valence electrons. The van der Waals surface area contributed by atoms with Crippen molar-refractivity contribution in [2.24, 2.45) is 0 Å². The number of thioether (sulfide) groups is 1. The van der Waals surface area contributed by atoms with E-state index in [4.69, 9.17) is 4.74 Å². The van der Waals surface area contributed by atoms with Gasteiger partial charge in [-0.3, -0.25) is 14.5 Å². The number of rotatable bonds is 8. The van der Waals surface area contributed by atoms with Crippen LogP contribution in [0.3, 0.4) is 0 Å². The second kappa shape index (κ2) is 13.6. The normalized spacial score (nSPS) is 17.5. The monoisotopic (exact) mass is 616 g/mol. The van der Waals surface area contributed by atoms with Gasteiger partial charge < -0.3 is 10.1 Å². The minimum absolute atomic E-state index is 0.178. The van der Waals surface area contributed by atoms with E-state index in [2.05, 4.69) is 17.2 Å². The number of nitrogens with zero attached hydrogens (tertiary/aromatic N) is 1. The molecule has 2 atom stereocenters. The van der Waals surface area contributed by atoms with E-state index < -0.39 is 23.5 Å². The summed E-state index contributed by atoms with van der Waals surface area (Å²) in [7, 11) is 0. The Hall–Kier alpha value is -4.84. The van der Waals surface area contributed by atoms with Gasteiger partial charge in [0.1, 0.15) is 17.1 Å². The van der Waals surface area contributed by atoms with E-state index in [0.29, 0.717) is 11.3 Å². The van der Waals surface area contributed by atoms with Gasteiger partial charge in [-0.15, -0.1) is 23.1 Å². The summed E-state index contributed by atoms with van der Waals surface area (Å²) in [4.78, 5) is 42.7.